The first-order valence-corrected chi connectivity index (χ1v) is 7.29. The lowest BCUT2D eigenvalue weighted by atomic mass is 10.3. The van der Waals surface area contributed by atoms with Crippen LogP contribution in [0.5, 0.6) is 5.75 Å². The highest BCUT2D eigenvalue weighted by molar-refractivity contribution is 7.13. The molecule has 0 radical (unpaired) electrons. The van der Waals surface area contributed by atoms with E-state index in [0.29, 0.717) is 27.5 Å². The summed E-state index contributed by atoms with van der Waals surface area (Å²) < 4.78 is 10.7. The normalized spacial score (nSPS) is 10.7. The van der Waals surface area contributed by atoms with Crippen LogP contribution in [0.2, 0.25) is 10.0 Å². The van der Waals surface area contributed by atoms with E-state index in [1.165, 1.54) is 11.3 Å². The van der Waals surface area contributed by atoms with E-state index in [-0.39, 0.29) is 6.61 Å². The lowest BCUT2D eigenvalue weighted by molar-refractivity contribution is 0.287. The summed E-state index contributed by atoms with van der Waals surface area (Å²) in [5.74, 6) is 1.51. The molecule has 2 heterocycles. The van der Waals surface area contributed by atoms with Gasteiger partial charge in [-0.3, -0.25) is 0 Å². The summed E-state index contributed by atoms with van der Waals surface area (Å²) in [5.41, 5.74) is 0. The number of aromatic nitrogens is 2. The van der Waals surface area contributed by atoms with Crippen molar-refractivity contribution in [2.45, 2.75) is 6.61 Å². The Balaban J connectivity index is 1.69. The molecular formula is C13H8Cl2N2O2S. The van der Waals surface area contributed by atoms with Gasteiger partial charge in [-0.15, -0.1) is 11.3 Å². The van der Waals surface area contributed by atoms with Gasteiger partial charge in [0.05, 0.1) is 4.88 Å². The first-order valence-electron chi connectivity index (χ1n) is 5.66. The van der Waals surface area contributed by atoms with E-state index in [4.69, 9.17) is 32.5 Å². The van der Waals surface area contributed by atoms with Crippen LogP contribution in [0.15, 0.2) is 40.2 Å². The lowest BCUT2D eigenvalue weighted by Crippen LogP contribution is -1.97. The highest BCUT2D eigenvalue weighted by atomic mass is 35.5. The Kier molecular flexibility index (Phi) is 3.91. The highest BCUT2D eigenvalue weighted by Gasteiger charge is 2.10. The van der Waals surface area contributed by atoms with Crippen molar-refractivity contribution in [1.82, 2.24) is 10.1 Å². The molecule has 0 amide bonds. The lowest BCUT2D eigenvalue weighted by Gasteiger charge is -2.04. The molecule has 0 unspecified atom stereocenters. The average molecular weight is 327 g/mol. The topological polar surface area (TPSA) is 48.2 Å². The van der Waals surface area contributed by atoms with Crippen LogP contribution in [0.4, 0.5) is 0 Å². The zero-order chi connectivity index (χ0) is 13.9. The molecule has 3 rings (SSSR count). The van der Waals surface area contributed by atoms with Crippen LogP contribution in [0.1, 0.15) is 5.82 Å². The predicted octanol–water partition coefficient (Wildman–Crippen LogP) is 4.68. The van der Waals surface area contributed by atoms with Gasteiger partial charge in [-0.25, -0.2) is 0 Å². The fraction of sp³-hybridized carbons (Fsp3) is 0.0769. The Labute approximate surface area is 128 Å². The van der Waals surface area contributed by atoms with Gasteiger partial charge in [-0.1, -0.05) is 34.4 Å². The fourth-order valence-corrected chi connectivity index (χ4v) is 2.72. The average Bonchev–Trinajstić information content (AvgIpc) is 3.06. The molecule has 0 saturated carbocycles. The largest absolute Gasteiger partial charge is 0.485 e. The van der Waals surface area contributed by atoms with Gasteiger partial charge >= 0.3 is 0 Å². The van der Waals surface area contributed by atoms with E-state index in [1.807, 2.05) is 17.5 Å². The first kappa shape index (κ1) is 13.4. The minimum absolute atomic E-state index is 0.186. The minimum atomic E-state index is 0.186. The van der Waals surface area contributed by atoms with Crippen LogP contribution in [0.3, 0.4) is 0 Å². The van der Waals surface area contributed by atoms with Crippen molar-refractivity contribution in [3.05, 3.63) is 51.6 Å². The molecule has 7 heteroatoms. The monoisotopic (exact) mass is 326 g/mol. The number of halogens is 2. The summed E-state index contributed by atoms with van der Waals surface area (Å²) in [7, 11) is 0. The first-order chi connectivity index (χ1) is 9.70. The molecule has 4 nitrogen and oxygen atoms in total. The van der Waals surface area contributed by atoms with Crippen LogP contribution in [-0.4, -0.2) is 10.1 Å². The van der Waals surface area contributed by atoms with E-state index >= 15 is 0 Å². The number of thiophene rings is 1. The molecule has 0 spiro atoms. The second-order valence-corrected chi connectivity index (χ2v) is 5.71. The van der Waals surface area contributed by atoms with Crippen molar-refractivity contribution in [3.8, 4) is 16.5 Å². The van der Waals surface area contributed by atoms with E-state index in [1.54, 1.807) is 18.2 Å². The van der Waals surface area contributed by atoms with Crippen molar-refractivity contribution >= 4 is 34.5 Å². The molecule has 0 atom stereocenters. The SMILES string of the molecule is Clc1cc(Cl)cc(OCc2noc(-c3cccs3)n2)c1. The van der Waals surface area contributed by atoms with Gasteiger partial charge < -0.3 is 9.26 Å². The van der Waals surface area contributed by atoms with Crippen LogP contribution in [0, 0.1) is 0 Å². The maximum atomic E-state index is 5.89. The van der Waals surface area contributed by atoms with Crippen molar-refractivity contribution < 1.29 is 9.26 Å². The summed E-state index contributed by atoms with van der Waals surface area (Å²) in [6.07, 6.45) is 0. The summed E-state index contributed by atoms with van der Waals surface area (Å²) in [5, 5.41) is 6.84. The van der Waals surface area contributed by atoms with E-state index in [2.05, 4.69) is 10.1 Å². The molecule has 0 fully saturated rings. The van der Waals surface area contributed by atoms with Gasteiger partial charge in [0.15, 0.2) is 6.61 Å². The Hall–Kier alpha value is -1.56. The van der Waals surface area contributed by atoms with Crippen molar-refractivity contribution in [2.75, 3.05) is 0 Å². The smallest absolute Gasteiger partial charge is 0.268 e. The number of ether oxygens (including phenoxy) is 1. The Morgan fingerprint density at radius 1 is 1.20 bits per heavy atom. The molecule has 0 aliphatic rings. The summed E-state index contributed by atoms with van der Waals surface area (Å²) in [4.78, 5) is 5.18. The maximum absolute atomic E-state index is 5.89. The van der Waals surface area contributed by atoms with Gasteiger partial charge in [0.1, 0.15) is 5.75 Å². The van der Waals surface area contributed by atoms with Crippen LogP contribution >= 0.6 is 34.5 Å². The molecule has 0 N–H and O–H groups in total. The number of rotatable bonds is 4. The molecule has 2 aromatic heterocycles. The molecule has 0 aliphatic carbocycles. The van der Waals surface area contributed by atoms with Gasteiger partial charge in [-0.05, 0) is 29.6 Å². The van der Waals surface area contributed by atoms with Gasteiger partial charge in [0.2, 0.25) is 5.82 Å². The maximum Gasteiger partial charge on any atom is 0.268 e. The standard InChI is InChI=1S/C13H8Cl2N2O2S/c14-8-4-9(15)6-10(5-8)18-7-12-16-13(19-17-12)11-2-1-3-20-11/h1-6H,7H2. The van der Waals surface area contributed by atoms with E-state index < -0.39 is 0 Å². The summed E-state index contributed by atoms with van der Waals surface area (Å²) in [6.45, 7) is 0.186. The van der Waals surface area contributed by atoms with Gasteiger partial charge in [-0.2, -0.15) is 4.98 Å². The summed E-state index contributed by atoms with van der Waals surface area (Å²) >= 11 is 13.3. The van der Waals surface area contributed by atoms with Gasteiger partial charge in [0, 0.05) is 10.0 Å². The van der Waals surface area contributed by atoms with E-state index in [9.17, 15) is 0 Å². The Morgan fingerprint density at radius 2 is 2.00 bits per heavy atom. The van der Waals surface area contributed by atoms with Crippen LogP contribution in [0.25, 0.3) is 10.8 Å². The second kappa shape index (κ2) is 5.83. The Bertz CT molecular complexity index is 693. The number of hydrogen-bond acceptors (Lipinski definition) is 5. The number of nitrogens with zero attached hydrogens (tertiary/aromatic N) is 2. The van der Waals surface area contributed by atoms with Gasteiger partial charge in [0.25, 0.3) is 5.89 Å². The molecule has 0 bridgehead atoms. The Morgan fingerprint density at radius 3 is 2.70 bits per heavy atom. The quantitative estimate of drug-likeness (QED) is 0.698. The predicted molar refractivity (Wildman–Crippen MR) is 78.4 cm³/mol. The summed E-state index contributed by atoms with van der Waals surface area (Å²) in [6, 6.07) is 8.83. The van der Waals surface area contributed by atoms with Crippen molar-refractivity contribution in [3.63, 3.8) is 0 Å². The molecule has 0 aliphatic heterocycles. The second-order valence-electron chi connectivity index (χ2n) is 3.89. The van der Waals surface area contributed by atoms with Crippen molar-refractivity contribution in [2.24, 2.45) is 0 Å². The molecular weight excluding hydrogens is 319 g/mol. The highest BCUT2D eigenvalue weighted by Crippen LogP contribution is 2.25. The third-order valence-corrected chi connectivity index (χ3v) is 3.70. The number of hydrogen-bond donors (Lipinski definition) is 0. The molecule has 20 heavy (non-hydrogen) atoms. The van der Waals surface area contributed by atoms with Crippen LogP contribution < -0.4 is 4.74 Å². The van der Waals surface area contributed by atoms with Crippen molar-refractivity contribution in [1.29, 1.82) is 0 Å². The minimum Gasteiger partial charge on any atom is -0.485 e. The fourth-order valence-electron chi connectivity index (χ4n) is 1.57. The van der Waals surface area contributed by atoms with Crippen LogP contribution in [-0.2, 0) is 6.61 Å². The molecule has 102 valence electrons. The molecule has 0 saturated heterocycles. The zero-order valence-corrected chi connectivity index (χ0v) is 12.4. The number of benzene rings is 1. The third-order valence-electron chi connectivity index (χ3n) is 2.40. The molecule has 3 aromatic rings. The molecule has 1 aromatic carbocycles. The van der Waals surface area contributed by atoms with E-state index in [0.717, 1.165) is 4.88 Å². The third kappa shape index (κ3) is 3.12. The zero-order valence-electron chi connectivity index (χ0n) is 10.0.